The fourth-order valence-electron chi connectivity index (χ4n) is 3.74. The second-order valence-electron chi connectivity index (χ2n) is 8.22. The molecule has 0 bridgehead atoms. The highest BCUT2D eigenvalue weighted by Gasteiger charge is 2.54. The van der Waals surface area contributed by atoms with Gasteiger partial charge in [0.1, 0.15) is 5.60 Å². The Balaban J connectivity index is 2.67. The van der Waals surface area contributed by atoms with Crippen molar-refractivity contribution in [3.05, 3.63) is 0 Å². The molecule has 6 atom stereocenters. The van der Waals surface area contributed by atoms with Gasteiger partial charge in [-0.15, -0.1) is 0 Å². The smallest absolute Gasteiger partial charge is 0.222 e. The van der Waals surface area contributed by atoms with E-state index in [1.807, 2.05) is 19.0 Å². The van der Waals surface area contributed by atoms with Crippen molar-refractivity contribution in [2.75, 3.05) is 54.1 Å². The van der Waals surface area contributed by atoms with Crippen LogP contribution in [0.4, 0.5) is 0 Å². The van der Waals surface area contributed by atoms with Crippen LogP contribution in [0.15, 0.2) is 0 Å². The van der Waals surface area contributed by atoms with Crippen molar-refractivity contribution in [3.63, 3.8) is 0 Å². The standard InChI is InChI=1S/C20H40N2O7/c1-14(18(25)21-8-6-9-22(3)4)13-20(26)17(24)15(2)16(29-19(20)27-5)7-11-28-12-10-23/h14-17,19,23-24,26H,6-13H2,1-5H3,(H,21,25). The van der Waals surface area contributed by atoms with Gasteiger partial charge >= 0.3 is 0 Å². The third kappa shape index (κ3) is 7.75. The molecule has 1 aliphatic heterocycles. The van der Waals surface area contributed by atoms with E-state index in [1.54, 1.807) is 13.8 Å². The Morgan fingerprint density at radius 3 is 2.62 bits per heavy atom. The summed E-state index contributed by atoms with van der Waals surface area (Å²) in [6.07, 6.45) is -1.20. The van der Waals surface area contributed by atoms with Gasteiger partial charge in [-0.25, -0.2) is 0 Å². The molecule has 9 nitrogen and oxygen atoms in total. The van der Waals surface area contributed by atoms with Crippen LogP contribution in [0.3, 0.4) is 0 Å². The van der Waals surface area contributed by atoms with Crippen molar-refractivity contribution in [2.45, 2.75) is 57.2 Å². The van der Waals surface area contributed by atoms with Crippen molar-refractivity contribution >= 4 is 5.91 Å². The molecule has 0 spiro atoms. The summed E-state index contributed by atoms with van der Waals surface area (Å²) in [6.45, 7) is 5.49. The highest BCUT2D eigenvalue weighted by molar-refractivity contribution is 5.78. The van der Waals surface area contributed by atoms with Gasteiger partial charge in [0, 0.05) is 32.1 Å². The minimum Gasteiger partial charge on any atom is -0.394 e. The number of ether oxygens (including phenoxy) is 3. The van der Waals surface area contributed by atoms with E-state index in [9.17, 15) is 15.0 Å². The Hall–Kier alpha value is -0.810. The zero-order valence-corrected chi connectivity index (χ0v) is 18.5. The fraction of sp³-hybridized carbons (Fsp3) is 0.950. The van der Waals surface area contributed by atoms with Gasteiger partial charge in [-0.1, -0.05) is 13.8 Å². The second-order valence-corrected chi connectivity index (χ2v) is 8.22. The van der Waals surface area contributed by atoms with Gasteiger partial charge in [0.25, 0.3) is 0 Å². The number of aliphatic hydroxyl groups excluding tert-OH is 2. The summed E-state index contributed by atoms with van der Waals surface area (Å²) >= 11 is 0. The maximum absolute atomic E-state index is 12.4. The van der Waals surface area contributed by atoms with Gasteiger partial charge < -0.3 is 39.7 Å². The molecule has 1 aliphatic rings. The number of carbonyl (C=O) groups excluding carboxylic acids is 1. The van der Waals surface area contributed by atoms with Crippen LogP contribution in [-0.4, -0.2) is 104 Å². The number of hydrogen-bond donors (Lipinski definition) is 4. The summed E-state index contributed by atoms with van der Waals surface area (Å²) in [4.78, 5) is 14.5. The molecule has 0 aromatic rings. The third-order valence-electron chi connectivity index (χ3n) is 5.46. The van der Waals surface area contributed by atoms with E-state index < -0.39 is 23.9 Å². The van der Waals surface area contributed by atoms with Crippen LogP contribution >= 0.6 is 0 Å². The minimum absolute atomic E-state index is 0.0181. The van der Waals surface area contributed by atoms with Crippen molar-refractivity contribution < 1.29 is 34.3 Å². The predicted octanol–water partition coefficient (Wildman–Crippen LogP) is -0.421. The quantitative estimate of drug-likeness (QED) is 0.297. The maximum atomic E-state index is 12.4. The molecule has 1 rings (SSSR count). The summed E-state index contributed by atoms with van der Waals surface area (Å²) in [5.74, 6) is -1.07. The van der Waals surface area contributed by atoms with Gasteiger partial charge in [-0.05, 0) is 39.9 Å². The van der Waals surface area contributed by atoms with E-state index in [-0.39, 0.29) is 37.6 Å². The molecular formula is C20H40N2O7. The minimum atomic E-state index is -1.70. The lowest BCUT2D eigenvalue weighted by Crippen LogP contribution is -2.64. The second kappa shape index (κ2) is 12.8. The molecule has 0 aromatic carbocycles. The molecule has 0 aromatic heterocycles. The maximum Gasteiger partial charge on any atom is 0.222 e. The van der Waals surface area contributed by atoms with Crippen molar-refractivity contribution in [1.82, 2.24) is 10.2 Å². The largest absolute Gasteiger partial charge is 0.394 e. The van der Waals surface area contributed by atoms with Crippen LogP contribution in [0.2, 0.25) is 0 Å². The average molecular weight is 421 g/mol. The van der Waals surface area contributed by atoms with Crippen molar-refractivity contribution in [2.24, 2.45) is 11.8 Å². The predicted molar refractivity (Wildman–Crippen MR) is 108 cm³/mol. The Morgan fingerprint density at radius 1 is 1.34 bits per heavy atom. The van der Waals surface area contributed by atoms with E-state index in [1.165, 1.54) is 7.11 Å². The number of amides is 1. The highest BCUT2D eigenvalue weighted by Crippen LogP contribution is 2.39. The molecule has 172 valence electrons. The van der Waals surface area contributed by atoms with Crippen molar-refractivity contribution in [3.8, 4) is 0 Å². The Kier molecular flexibility index (Phi) is 11.6. The first-order valence-corrected chi connectivity index (χ1v) is 10.4. The lowest BCUT2D eigenvalue weighted by atomic mass is 9.76. The molecule has 4 N–H and O–H groups in total. The third-order valence-corrected chi connectivity index (χ3v) is 5.46. The molecule has 1 fully saturated rings. The van der Waals surface area contributed by atoms with E-state index >= 15 is 0 Å². The number of methoxy groups -OCH3 is 1. The number of hydrogen-bond acceptors (Lipinski definition) is 8. The number of rotatable bonds is 13. The van der Waals surface area contributed by atoms with E-state index in [2.05, 4.69) is 5.32 Å². The van der Waals surface area contributed by atoms with E-state index in [0.29, 0.717) is 19.6 Å². The van der Waals surface area contributed by atoms with Crippen LogP contribution in [-0.2, 0) is 19.0 Å². The Labute approximate surface area is 174 Å². The molecule has 6 unspecified atom stereocenters. The first-order valence-electron chi connectivity index (χ1n) is 10.4. The molecule has 1 amide bonds. The molecule has 29 heavy (non-hydrogen) atoms. The monoisotopic (exact) mass is 420 g/mol. The Morgan fingerprint density at radius 2 is 2.03 bits per heavy atom. The van der Waals surface area contributed by atoms with Gasteiger partial charge in [0.05, 0.1) is 25.4 Å². The molecule has 9 heteroatoms. The van der Waals surface area contributed by atoms with Gasteiger partial charge in [-0.2, -0.15) is 0 Å². The number of carbonyl (C=O) groups is 1. The number of nitrogens with zero attached hydrogens (tertiary/aromatic N) is 1. The number of aliphatic hydroxyl groups is 3. The zero-order valence-electron chi connectivity index (χ0n) is 18.5. The summed E-state index contributed by atoms with van der Waals surface area (Å²) in [5, 5.41) is 33.7. The SMILES string of the molecule is COC1OC(CCOCCO)C(C)C(O)C1(O)CC(C)C(=O)NCCCN(C)C. The van der Waals surface area contributed by atoms with Crippen LogP contribution in [0.5, 0.6) is 0 Å². The van der Waals surface area contributed by atoms with E-state index in [4.69, 9.17) is 19.3 Å². The van der Waals surface area contributed by atoms with E-state index in [0.717, 1.165) is 13.0 Å². The molecule has 0 radical (unpaired) electrons. The zero-order chi connectivity index (χ0) is 22.0. The molecule has 1 heterocycles. The van der Waals surface area contributed by atoms with Gasteiger partial charge in [0.15, 0.2) is 6.29 Å². The summed E-state index contributed by atoms with van der Waals surface area (Å²) in [6, 6.07) is 0. The molecule has 0 aliphatic carbocycles. The lowest BCUT2D eigenvalue weighted by molar-refractivity contribution is -0.326. The topological polar surface area (TPSA) is 121 Å². The van der Waals surface area contributed by atoms with Crippen LogP contribution in [0, 0.1) is 11.8 Å². The summed E-state index contributed by atoms with van der Waals surface area (Å²) < 4.78 is 16.5. The summed E-state index contributed by atoms with van der Waals surface area (Å²) in [7, 11) is 5.36. The van der Waals surface area contributed by atoms with Gasteiger partial charge in [0.2, 0.25) is 5.91 Å². The van der Waals surface area contributed by atoms with Crippen LogP contribution < -0.4 is 5.32 Å². The molecule has 0 saturated carbocycles. The lowest BCUT2D eigenvalue weighted by Gasteiger charge is -2.49. The normalized spacial score (nSPS) is 31.1. The molecular weight excluding hydrogens is 380 g/mol. The Bertz CT molecular complexity index is 476. The first-order chi connectivity index (χ1) is 13.7. The van der Waals surface area contributed by atoms with Crippen LogP contribution in [0.1, 0.15) is 33.1 Å². The van der Waals surface area contributed by atoms with Crippen molar-refractivity contribution in [1.29, 1.82) is 0 Å². The summed E-state index contributed by atoms with van der Waals surface area (Å²) in [5.41, 5.74) is -1.70. The first kappa shape index (κ1) is 26.2. The van der Waals surface area contributed by atoms with Crippen LogP contribution in [0.25, 0.3) is 0 Å². The highest BCUT2D eigenvalue weighted by atomic mass is 16.7. The fourth-order valence-corrected chi connectivity index (χ4v) is 3.74. The molecule has 1 saturated heterocycles. The average Bonchev–Trinajstić information content (AvgIpc) is 2.68. The van der Waals surface area contributed by atoms with Gasteiger partial charge in [-0.3, -0.25) is 4.79 Å². The number of nitrogens with one attached hydrogen (secondary N) is 1.